The molecule has 11 aliphatic heterocycles. The number of ether oxygens (including phenoxy) is 22. The van der Waals surface area contributed by atoms with Crippen LogP contribution >= 0.6 is 0 Å². The van der Waals surface area contributed by atoms with Gasteiger partial charge < -0.3 is 300 Å². The fourth-order valence-electron chi connectivity index (χ4n) is 19.1. The number of aliphatic carboxylic acids is 1. The normalized spacial score (nSPS) is 46.3. The molecule has 0 bridgehead atoms. The van der Waals surface area contributed by atoms with Crippen LogP contribution in [-0.2, 0) is 138 Å². The van der Waals surface area contributed by atoms with Crippen molar-refractivity contribution >= 4 is 41.9 Å². The van der Waals surface area contributed by atoms with Crippen LogP contribution in [0.5, 0.6) is 0 Å². The van der Waals surface area contributed by atoms with Crippen LogP contribution in [-0.4, -0.2) is 640 Å². The van der Waals surface area contributed by atoms with Gasteiger partial charge in [-0.1, -0.05) is 0 Å². The Morgan fingerprint density at radius 3 is 0.907 bits per heavy atom. The van der Waals surface area contributed by atoms with Gasteiger partial charge in [0.15, 0.2) is 62.9 Å². The molecule has 0 radical (unpaired) electrons. The minimum absolute atomic E-state index is 0.247. The summed E-state index contributed by atoms with van der Waals surface area (Å²) in [5.41, 5.74) is 0. The molecule has 67 heteroatoms. The molecule has 0 spiro atoms. The highest BCUT2D eigenvalue weighted by atomic mass is 16.8. The number of carbonyl (C=O) groups is 7. The molecule has 0 aliphatic carbocycles. The molecular formula is C83H138N6O61. The van der Waals surface area contributed by atoms with Gasteiger partial charge >= 0.3 is 5.97 Å². The van der Waals surface area contributed by atoms with Gasteiger partial charge in [0, 0.05) is 41.0 Å². The van der Waals surface area contributed by atoms with Crippen LogP contribution in [0.2, 0.25) is 0 Å². The number of hydrogen-bond donors (Lipinski definition) is 38. The van der Waals surface area contributed by atoms with Crippen molar-refractivity contribution < 1.29 is 301 Å². The summed E-state index contributed by atoms with van der Waals surface area (Å²) in [6.45, 7) is -8.90. The molecular weight excluding hydrogens is 2060 g/mol. The van der Waals surface area contributed by atoms with Crippen molar-refractivity contribution in [1.29, 1.82) is 0 Å². The van der Waals surface area contributed by atoms with Gasteiger partial charge in [-0.05, 0) is 0 Å². The standard InChI is InChI=1S/C83H138N6O61/c1-21(101)85-39-27(106)6-83(82(127)128,149-68(39)44(108)28(107)8-91)150-71-49(113)31(11-94)134-81(62(71)126)145-66-35(15-98)138-75(43(53(66)117)89-25(5)105)147-69-47(111)29(9-92)132-79(60(69)124)144-64-33(13-96)136-73(41(51(64)115)87-23(3)103)131-18-37-45(109)54(118)57(121)77(140-37)142-63-32(12-95)135-72(40(50(63)114)86-22(2)102)130-19-38-46(110)55(119)58(122)78(141-38)143-65-34(14-97)137-74(42(52(65)116)88-24(4)104)148-70-48(112)30(10-93)133-80(61(70)125)146-67-36(16-99)139-76(59(123)56(67)120)129-17-26(7-90)84-20-100/h20,26-81,90-99,106-126H,6-19H2,1-5H3,(H,84,100)(H,85,101)(H,86,102)(H,87,103)(H,88,104)(H,89,105)(H,127,128)/t26-,27+,28-,29-,30-,31-,32-,33-,34-,35-,36-,37-,38-,39-,40-,41-,42-,43-,44-,45+,46+,47+,48+,49+,50-,51-,52-,53-,54+,55+,56-,57-,58-,59-,60-,61-,62-,63-,64-,65-,66-,67-,68-,69+,70+,71+,72-,73-,74+,75+,76-,77+,78+,79+,80+,81+,83+/m1/s1. The van der Waals surface area contributed by atoms with Crippen molar-refractivity contribution in [2.24, 2.45) is 0 Å². The van der Waals surface area contributed by atoms with Gasteiger partial charge in [-0.25, -0.2) is 4.79 Å². The Bertz CT molecular complexity index is 4230. The number of carboxylic acid groups (broad SMARTS) is 1. The summed E-state index contributed by atoms with van der Waals surface area (Å²) in [5, 5.41) is 371. The molecule has 150 heavy (non-hydrogen) atoms. The van der Waals surface area contributed by atoms with E-state index in [2.05, 4.69) is 31.9 Å². The second-order valence-corrected chi connectivity index (χ2v) is 37.5. The quantitative estimate of drug-likeness (QED) is 0.0252. The van der Waals surface area contributed by atoms with Gasteiger partial charge in [0.2, 0.25) is 35.9 Å². The van der Waals surface area contributed by atoms with E-state index < -0.39 is 477 Å². The highest BCUT2D eigenvalue weighted by Gasteiger charge is 2.65. The SMILES string of the molecule is CC(=O)N[C@H]1[C@H](OC[C@H]2O[C@@H](O[C@H]3[C@H](O)[C@@H](NC(C)=O)[C@H](O[C@H]4[C@@H](O)[C@@H](CO)O[C@@H](O[C@H]5[C@H](O)[C@@H](O)[C@H](OC[C@@H](CO)NC=O)O[C@@H]5CO)[C@@H]4O)O[C@@H]3CO)[C@H](O)[C@@H](O)[C@H]2O)O[C@H](CO)[C@@H](O[C@@H]2O[C@H](CO[C@@H]3O[C@H](CO)[C@@H](O[C@@H]4O[C@H](CO)[C@H](O)[C@H](O[C@@H]5O[C@H](CO)[C@@H](O[C@@H]6O[C@H](CO)[C@H](O)[C@H](O[C@]7(C(=O)O)C[C@H](O)[C@@H](NC(C)=O)[C@H]([C@H](O)[C@H](O)CO)O7)[C@H]6O)[C@H](O)[C@H]5NC(C)=O)[C@H]4O)[C@H](O)[C@H]3NC(C)=O)[C@H](O)[C@H](O)[C@H]2O)[C@@H]1O. The zero-order valence-corrected chi connectivity index (χ0v) is 80.5. The van der Waals surface area contributed by atoms with Crippen LogP contribution in [0.1, 0.15) is 41.0 Å². The number of carboxylic acids is 1. The summed E-state index contributed by atoms with van der Waals surface area (Å²) < 4.78 is 129. The molecule has 0 aromatic heterocycles. The Morgan fingerprint density at radius 1 is 0.307 bits per heavy atom. The monoisotopic (exact) mass is 2190 g/mol. The molecule has 11 rings (SSSR count). The van der Waals surface area contributed by atoms with Crippen LogP contribution in [0, 0.1) is 0 Å². The Labute approximate surface area is 848 Å². The average Bonchev–Trinajstić information content (AvgIpc) is 0.746. The summed E-state index contributed by atoms with van der Waals surface area (Å²) in [6.07, 6.45) is -107. The lowest BCUT2D eigenvalue weighted by Gasteiger charge is -2.51. The van der Waals surface area contributed by atoms with Crippen molar-refractivity contribution in [2.75, 3.05) is 85.9 Å². The molecule has 11 heterocycles. The van der Waals surface area contributed by atoms with Crippen molar-refractivity contribution in [3.63, 3.8) is 0 Å². The fourth-order valence-corrected chi connectivity index (χ4v) is 19.1. The van der Waals surface area contributed by atoms with E-state index in [0.29, 0.717) is 0 Å². The van der Waals surface area contributed by atoms with E-state index in [4.69, 9.17) is 104 Å². The van der Waals surface area contributed by atoms with E-state index in [0.717, 1.165) is 34.6 Å². The molecule has 11 fully saturated rings. The maximum atomic E-state index is 13.2. The third kappa shape index (κ3) is 28.2. The Balaban J connectivity index is 0.724. The largest absolute Gasteiger partial charge is 0.477 e. The highest BCUT2D eigenvalue weighted by molar-refractivity contribution is 5.77. The maximum absolute atomic E-state index is 13.2. The molecule has 0 aromatic rings. The molecule has 0 aromatic carbocycles. The summed E-state index contributed by atoms with van der Waals surface area (Å²) in [7, 11) is 0. The van der Waals surface area contributed by atoms with Gasteiger partial charge in [0.05, 0.1) is 104 Å². The zero-order valence-electron chi connectivity index (χ0n) is 80.5. The van der Waals surface area contributed by atoms with Crippen molar-refractivity contribution in [3.8, 4) is 0 Å². The van der Waals surface area contributed by atoms with Crippen molar-refractivity contribution in [2.45, 2.75) is 390 Å². The third-order valence-electron chi connectivity index (χ3n) is 26.9. The van der Waals surface area contributed by atoms with Gasteiger partial charge in [0.25, 0.3) is 5.79 Å². The number of carbonyl (C=O) groups excluding carboxylic acids is 6. The average molecular weight is 2200 g/mol. The topological polar surface area (TPSA) is 1040 Å². The smallest absolute Gasteiger partial charge is 0.364 e. The molecule has 38 N–H and O–H groups in total. The minimum atomic E-state index is -3.28. The zero-order chi connectivity index (χ0) is 111. The summed E-state index contributed by atoms with van der Waals surface area (Å²) in [4.78, 5) is 88.2. The first-order valence-corrected chi connectivity index (χ1v) is 47.5. The lowest BCUT2D eigenvalue weighted by Crippen LogP contribution is -2.71. The Morgan fingerprint density at radius 2 is 0.587 bits per heavy atom. The Hall–Kier alpha value is -5.83. The molecule has 67 nitrogen and oxygen atoms in total. The van der Waals surface area contributed by atoms with Gasteiger partial charge in [-0.2, -0.15) is 0 Å². The van der Waals surface area contributed by atoms with Crippen LogP contribution in [0.25, 0.3) is 0 Å². The summed E-state index contributed by atoms with van der Waals surface area (Å²) in [5.74, 6) is -10.1. The number of nitrogens with one attached hydrogen (secondary N) is 6. The fraction of sp³-hybridized carbons (Fsp3) is 0.916. The number of aliphatic hydroxyl groups is 31. The van der Waals surface area contributed by atoms with Crippen molar-refractivity contribution in [1.82, 2.24) is 31.9 Å². The third-order valence-corrected chi connectivity index (χ3v) is 26.9. The first kappa shape index (κ1) is 124. The molecule has 0 saturated carbocycles. The predicted molar refractivity (Wildman–Crippen MR) is 461 cm³/mol. The molecule has 866 valence electrons. The minimum Gasteiger partial charge on any atom is -0.477 e. The Kier molecular flexibility index (Phi) is 45.7. The summed E-state index contributed by atoms with van der Waals surface area (Å²) in [6, 6.07) is -10.4. The van der Waals surface area contributed by atoms with E-state index in [-0.39, 0.29) is 6.41 Å². The first-order chi connectivity index (χ1) is 71.0. The van der Waals surface area contributed by atoms with E-state index in [1.165, 1.54) is 0 Å². The molecule has 57 atom stereocenters. The van der Waals surface area contributed by atoms with E-state index in [1.807, 2.05) is 0 Å². The second kappa shape index (κ2) is 55.1. The van der Waals surface area contributed by atoms with Crippen LogP contribution in [0.15, 0.2) is 0 Å². The molecule has 0 unspecified atom stereocenters. The van der Waals surface area contributed by atoms with Crippen molar-refractivity contribution in [3.05, 3.63) is 0 Å². The number of amides is 6. The lowest BCUT2D eigenvalue weighted by atomic mass is 9.88. The van der Waals surface area contributed by atoms with Gasteiger partial charge in [-0.3, -0.25) is 28.8 Å². The number of aliphatic hydroxyl groups excluding tert-OH is 31. The number of rotatable bonds is 45. The maximum Gasteiger partial charge on any atom is 0.364 e. The summed E-state index contributed by atoms with van der Waals surface area (Å²) >= 11 is 0. The molecule has 11 saturated heterocycles. The first-order valence-electron chi connectivity index (χ1n) is 47.5. The van der Waals surface area contributed by atoms with Gasteiger partial charge in [-0.15, -0.1) is 0 Å². The molecule has 6 amide bonds. The molecule has 11 aliphatic rings. The predicted octanol–water partition coefficient (Wildman–Crippen LogP) is -25.9. The second-order valence-electron chi connectivity index (χ2n) is 37.5. The number of hydrogen-bond acceptors (Lipinski definition) is 60. The van der Waals surface area contributed by atoms with E-state index in [1.54, 1.807) is 0 Å². The van der Waals surface area contributed by atoms with Crippen LogP contribution in [0.3, 0.4) is 0 Å². The lowest BCUT2D eigenvalue weighted by molar-refractivity contribution is -0.389. The van der Waals surface area contributed by atoms with E-state index >= 15 is 0 Å². The highest BCUT2D eigenvalue weighted by Crippen LogP contribution is 2.44. The van der Waals surface area contributed by atoms with Crippen LogP contribution in [0.4, 0.5) is 0 Å². The van der Waals surface area contributed by atoms with E-state index in [9.17, 15) is 197 Å². The van der Waals surface area contributed by atoms with Gasteiger partial charge in [0.1, 0.15) is 262 Å². The van der Waals surface area contributed by atoms with Crippen LogP contribution < -0.4 is 31.9 Å².